The number of hydrogen-bond donors (Lipinski definition) is 1. The Bertz CT molecular complexity index is 729. The minimum atomic E-state index is -3.39. The fourth-order valence-corrected chi connectivity index (χ4v) is 3.28. The van der Waals surface area contributed by atoms with E-state index in [1.54, 1.807) is 7.11 Å². The number of sulfonamides is 1. The van der Waals surface area contributed by atoms with E-state index in [-0.39, 0.29) is 24.6 Å². The first kappa shape index (κ1) is 20.5. The largest absolute Gasteiger partial charge is 0.493 e. The van der Waals surface area contributed by atoms with Gasteiger partial charge in [0.2, 0.25) is 15.9 Å². The van der Waals surface area contributed by atoms with E-state index < -0.39 is 10.0 Å². The van der Waals surface area contributed by atoms with Crippen LogP contribution in [0.5, 0.6) is 11.5 Å². The predicted octanol–water partition coefficient (Wildman–Crippen LogP) is 2.09. The van der Waals surface area contributed by atoms with Crippen molar-refractivity contribution in [1.29, 1.82) is 0 Å². The van der Waals surface area contributed by atoms with Gasteiger partial charge in [0, 0.05) is 7.05 Å². The first-order valence-corrected chi connectivity index (χ1v) is 10.6. The topological polar surface area (TPSA) is 84.9 Å². The van der Waals surface area contributed by atoms with Crippen LogP contribution in [-0.4, -0.2) is 51.7 Å². The van der Waals surface area contributed by atoms with Crippen molar-refractivity contribution in [2.75, 3.05) is 27.0 Å². The molecular weight excluding hydrogens is 356 g/mol. The van der Waals surface area contributed by atoms with E-state index in [1.807, 2.05) is 25.1 Å². The van der Waals surface area contributed by atoms with E-state index in [0.29, 0.717) is 11.5 Å². The van der Waals surface area contributed by atoms with Crippen molar-refractivity contribution in [3.8, 4) is 11.5 Å². The number of rotatable bonds is 8. The van der Waals surface area contributed by atoms with Crippen LogP contribution in [0.2, 0.25) is 0 Å². The molecule has 8 heteroatoms. The number of hydrogen-bond acceptors (Lipinski definition) is 5. The SMILES string of the molecule is COc1cc(C(C)NC(=O)CN(C)S(C)(=O)=O)ccc1OC1CCCC1. The number of likely N-dealkylation sites (N-methyl/N-ethyl adjacent to an activating group) is 1. The Kier molecular flexibility index (Phi) is 6.88. The summed E-state index contributed by atoms with van der Waals surface area (Å²) in [4.78, 5) is 12.1. The maximum Gasteiger partial charge on any atom is 0.235 e. The molecule has 146 valence electrons. The Morgan fingerprint density at radius 1 is 1.31 bits per heavy atom. The lowest BCUT2D eigenvalue weighted by molar-refractivity contribution is -0.121. The molecule has 7 nitrogen and oxygen atoms in total. The van der Waals surface area contributed by atoms with Gasteiger partial charge in [0.15, 0.2) is 11.5 Å². The molecule has 0 aliphatic heterocycles. The quantitative estimate of drug-likeness (QED) is 0.742. The van der Waals surface area contributed by atoms with Gasteiger partial charge in [0.1, 0.15) is 0 Å². The summed E-state index contributed by atoms with van der Waals surface area (Å²) in [5.41, 5.74) is 0.857. The highest BCUT2D eigenvalue weighted by molar-refractivity contribution is 7.88. The standard InChI is InChI=1S/C18H28N2O5S/c1-13(19-18(21)12-20(2)26(4,22)23)14-9-10-16(17(11-14)24-3)25-15-7-5-6-8-15/h9-11,13,15H,5-8,12H2,1-4H3,(H,19,21). The Morgan fingerprint density at radius 2 is 1.96 bits per heavy atom. The molecule has 1 aliphatic rings. The van der Waals surface area contributed by atoms with Gasteiger partial charge in [-0.25, -0.2) is 8.42 Å². The van der Waals surface area contributed by atoms with Crippen LogP contribution in [0, 0.1) is 0 Å². The highest BCUT2D eigenvalue weighted by Gasteiger charge is 2.20. The Labute approximate surface area is 155 Å². The molecular formula is C18H28N2O5S. The lowest BCUT2D eigenvalue weighted by Gasteiger charge is -2.20. The number of methoxy groups -OCH3 is 1. The van der Waals surface area contributed by atoms with Gasteiger partial charge in [0.25, 0.3) is 0 Å². The van der Waals surface area contributed by atoms with Gasteiger partial charge in [-0.15, -0.1) is 0 Å². The summed E-state index contributed by atoms with van der Waals surface area (Å²) < 4.78 is 35.3. The van der Waals surface area contributed by atoms with Gasteiger partial charge >= 0.3 is 0 Å². The van der Waals surface area contributed by atoms with E-state index in [1.165, 1.54) is 19.9 Å². The van der Waals surface area contributed by atoms with Gasteiger partial charge in [-0.1, -0.05) is 6.07 Å². The van der Waals surface area contributed by atoms with Gasteiger partial charge in [-0.05, 0) is 50.3 Å². The van der Waals surface area contributed by atoms with Crippen LogP contribution in [0.3, 0.4) is 0 Å². The summed E-state index contributed by atoms with van der Waals surface area (Å²) in [6.07, 6.45) is 5.80. The Hall–Kier alpha value is -1.80. The first-order valence-electron chi connectivity index (χ1n) is 8.76. The van der Waals surface area contributed by atoms with Gasteiger partial charge in [-0.2, -0.15) is 4.31 Å². The molecule has 2 rings (SSSR count). The maximum absolute atomic E-state index is 12.1. The number of nitrogens with one attached hydrogen (secondary N) is 1. The molecule has 0 heterocycles. The molecule has 1 aromatic rings. The van der Waals surface area contributed by atoms with E-state index >= 15 is 0 Å². The number of benzene rings is 1. The Balaban J connectivity index is 2.01. The average molecular weight is 384 g/mol. The van der Waals surface area contributed by atoms with Crippen LogP contribution in [-0.2, 0) is 14.8 Å². The number of amides is 1. The number of carbonyl (C=O) groups excluding carboxylic acids is 1. The van der Waals surface area contributed by atoms with Gasteiger partial charge in [-0.3, -0.25) is 4.79 Å². The summed E-state index contributed by atoms with van der Waals surface area (Å²) in [6, 6.07) is 5.30. The predicted molar refractivity (Wildman–Crippen MR) is 99.9 cm³/mol. The van der Waals surface area contributed by atoms with Crippen LogP contribution in [0.4, 0.5) is 0 Å². The van der Waals surface area contributed by atoms with Gasteiger partial charge in [0.05, 0.1) is 32.1 Å². The summed E-state index contributed by atoms with van der Waals surface area (Å²) in [7, 11) is -0.429. The molecule has 1 atom stereocenters. The van der Waals surface area contributed by atoms with Crippen molar-refractivity contribution in [2.45, 2.75) is 44.8 Å². The van der Waals surface area contributed by atoms with Crippen molar-refractivity contribution in [2.24, 2.45) is 0 Å². The summed E-state index contributed by atoms with van der Waals surface area (Å²) in [5, 5.41) is 2.80. The summed E-state index contributed by atoms with van der Waals surface area (Å²) in [5.74, 6) is 0.970. The minimum Gasteiger partial charge on any atom is -0.493 e. The molecule has 26 heavy (non-hydrogen) atoms. The molecule has 0 bridgehead atoms. The smallest absolute Gasteiger partial charge is 0.235 e. The van der Waals surface area contributed by atoms with Crippen LogP contribution in [0.25, 0.3) is 0 Å². The zero-order valence-electron chi connectivity index (χ0n) is 15.8. The molecule has 0 spiro atoms. The third-order valence-electron chi connectivity index (χ3n) is 4.59. The minimum absolute atomic E-state index is 0.219. The average Bonchev–Trinajstić information content (AvgIpc) is 3.07. The van der Waals surface area contributed by atoms with Crippen LogP contribution < -0.4 is 14.8 Å². The highest BCUT2D eigenvalue weighted by atomic mass is 32.2. The van der Waals surface area contributed by atoms with E-state index in [9.17, 15) is 13.2 Å². The number of ether oxygens (including phenoxy) is 2. The second kappa shape index (κ2) is 8.73. The molecule has 0 radical (unpaired) electrons. The van der Waals surface area contributed by atoms with E-state index in [2.05, 4.69) is 5.32 Å². The zero-order valence-corrected chi connectivity index (χ0v) is 16.6. The monoisotopic (exact) mass is 384 g/mol. The lowest BCUT2D eigenvalue weighted by Crippen LogP contribution is -2.38. The molecule has 0 saturated heterocycles. The molecule has 0 aromatic heterocycles. The fraction of sp³-hybridized carbons (Fsp3) is 0.611. The van der Waals surface area contributed by atoms with E-state index in [0.717, 1.165) is 29.0 Å². The molecule has 1 unspecified atom stereocenters. The zero-order chi connectivity index (χ0) is 19.3. The fourth-order valence-electron chi connectivity index (χ4n) is 2.93. The molecule has 1 saturated carbocycles. The first-order chi connectivity index (χ1) is 12.2. The second-order valence-electron chi connectivity index (χ2n) is 6.74. The van der Waals surface area contributed by atoms with Gasteiger partial charge < -0.3 is 14.8 Å². The van der Waals surface area contributed by atoms with E-state index in [4.69, 9.17) is 9.47 Å². The van der Waals surface area contributed by atoms with Crippen molar-refractivity contribution >= 4 is 15.9 Å². The third-order valence-corrected chi connectivity index (χ3v) is 5.85. The van der Waals surface area contributed by atoms with Crippen LogP contribution >= 0.6 is 0 Å². The summed E-state index contributed by atoms with van der Waals surface area (Å²) >= 11 is 0. The summed E-state index contributed by atoms with van der Waals surface area (Å²) in [6.45, 7) is 1.62. The van der Waals surface area contributed by atoms with Crippen molar-refractivity contribution < 1.29 is 22.7 Å². The van der Waals surface area contributed by atoms with Crippen molar-refractivity contribution in [1.82, 2.24) is 9.62 Å². The van der Waals surface area contributed by atoms with Crippen molar-refractivity contribution in [3.63, 3.8) is 0 Å². The second-order valence-corrected chi connectivity index (χ2v) is 8.83. The number of carbonyl (C=O) groups is 1. The molecule has 1 aromatic carbocycles. The molecule has 1 N–H and O–H groups in total. The van der Waals surface area contributed by atoms with Crippen LogP contribution in [0.1, 0.15) is 44.2 Å². The normalized spacial score (nSPS) is 16.5. The third kappa shape index (κ3) is 5.60. The Morgan fingerprint density at radius 3 is 2.54 bits per heavy atom. The number of nitrogens with zero attached hydrogens (tertiary/aromatic N) is 1. The molecule has 1 fully saturated rings. The maximum atomic E-state index is 12.1. The molecule has 1 amide bonds. The van der Waals surface area contributed by atoms with Crippen LogP contribution in [0.15, 0.2) is 18.2 Å². The molecule has 1 aliphatic carbocycles. The lowest BCUT2D eigenvalue weighted by atomic mass is 10.1. The van der Waals surface area contributed by atoms with Crippen molar-refractivity contribution in [3.05, 3.63) is 23.8 Å². The highest BCUT2D eigenvalue weighted by Crippen LogP contribution is 2.33.